The number of phenols is 1. The van der Waals surface area contributed by atoms with Gasteiger partial charge in [0, 0.05) is 25.2 Å². The summed E-state index contributed by atoms with van der Waals surface area (Å²) >= 11 is 0. The molecule has 0 bridgehead atoms. The van der Waals surface area contributed by atoms with Crippen molar-refractivity contribution in [1.29, 1.82) is 0 Å². The molecule has 25 heavy (non-hydrogen) atoms. The molecule has 2 aromatic rings. The standard InChI is InChI=1S/C20H22N2O3/c1-14-5-7-17(8-6-14)22-13-16(12-19(22)24)20(25)21-10-9-15-3-2-4-18(23)11-15/h2-8,11,16,23H,9-10,12-13H2,1H3,(H,21,25). The van der Waals surface area contributed by atoms with E-state index >= 15 is 0 Å². The summed E-state index contributed by atoms with van der Waals surface area (Å²) in [6.07, 6.45) is 0.883. The van der Waals surface area contributed by atoms with E-state index in [1.807, 2.05) is 37.3 Å². The number of rotatable bonds is 5. The molecule has 1 saturated heterocycles. The molecule has 1 aliphatic heterocycles. The van der Waals surface area contributed by atoms with Crippen LogP contribution in [0.2, 0.25) is 0 Å². The lowest BCUT2D eigenvalue weighted by atomic mass is 10.1. The average molecular weight is 338 g/mol. The minimum atomic E-state index is -0.321. The molecule has 2 amide bonds. The average Bonchev–Trinajstić information content (AvgIpc) is 2.97. The van der Waals surface area contributed by atoms with Crippen LogP contribution in [-0.4, -0.2) is 30.0 Å². The van der Waals surface area contributed by atoms with Gasteiger partial charge in [-0.1, -0.05) is 29.8 Å². The number of carbonyl (C=O) groups excluding carboxylic acids is 2. The first-order chi connectivity index (χ1) is 12.0. The number of carbonyl (C=O) groups is 2. The van der Waals surface area contributed by atoms with Crippen LogP contribution in [0, 0.1) is 12.8 Å². The predicted molar refractivity (Wildman–Crippen MR) is 96.5 cm³/mol. The van der Waals surface area contributed by atoms with E-state index in [9.17, 15) is 14.7 Å². The Kier molecular flexibility index (Phi) is 5.03. The van der Waals surface area contributed by atoms with E-state index in [-0.39, 0.29) is 29.9 Å². The van der Waals surface area contributed by atoms with Gasteiger partial charge >= 0.3 is 0 Å². The Bertz CT molecular complexity index is 771. The third kappa shape index (κ3) is 4.18. The summed E-state index contributed by atoms with van der Waals surface area (Å²) in [7, 11) is 0. The van der Waals surface area contributed by atoms with Gasteiger partial charge in [0.25, 0.3) is 0 Å². The maximum absolute atomic E-state index is 12.3. The van der Waals surface area contributed by atoms with Crippen molar-refractivity contribution in [3.8, 4) is 5.75 Å². The predicted octanol–water partition coefficient (Wildman–Crippen LogP) is 2.41. The number of phenolic OH excluding ortho intramolecular Hbond substituents is 1. The molecular weight excluding hydrogens is 316 g/mol. The van der Waals surface area contributed by atoms with Crippen LogP contribution in [0.1, 0.15) is 17.5 Å². The molecule has 2 N–H and O–H groups in total. The highest BCUT2D eigenvalue weighted by atomic mass is 16.3. The number of benzene rings is 2. The van der Waals surface area contributed by atoms with Gasteiger partial charge in [0.15, 0.2) is 0 Å². The highest BCUT2D eigenvalue weighted by Crippen LogP contribution is 2.25. The van der Waals surface area contributed by atoms with Gasteiger partial charge in [-0.2, -0.15) is 0 Å². The number of anilines is 1. The fraction of sp³-hybridized carbons (Fsp3) is 0.300. The summed E-state index contributed by atoms with van der Waals surface area (Å²) in [6.45, 7) is 2.90. The first-order valence-corrected chi connectivity index (χ1v) is 8.45. The topological polar surface area (TPSA) is 69.6 Å². The first kappa shape index (κ1) is 17.0. The maximum Gasteiger partial charge on any atom is 0.227 e. The summed E-state index contributed by atoms with van der Waals surface area (Å²) in [5.74, 6) is -0.211. The van der Waals surface area contributed by atoms with Crippen molar-refractivity contribution in [2.24, 2.45) is 5.92 Å². The van der Waals surface area contributed by atoms with E-state index in [0.717, 1.165) is 16.8 Å². The molecule has 1 heterocycles. The molecule has 0 aromatic heterocycles. The molecular formula is C20H22N2O3. The van der Waals surface area contributed by atoms with Crippen molar-refractivity contribution in [2.75, 3.05) is 18.0 Å². The lowest BCUT2D eigenvalue weighted by molar-refractivity contribution is -0.126. The van der Waals surface area contributed by atoms with Gasteiger partial charge in [-0.25, -0.2) is 0 Å². The second-order valence-electron chi connectivity index (χ2n) is 6.45. The van der Waals surface area contributed by atoms with Gasteiger partial charge in [-0.15, -0.1) is 0 Å². The largest absolute Gasteiger partial charge is 0.508 e. The maximum atomic E-state index is 12.3. The Morgan fingerprint density at radius 2 is 2.00 bits per heavy atom. The summed E-state index contributed by atoms with van der Waals surface area (Å²) in [5, 5.41) is 12.3. The lowest BCUT2D eigenvalue weighted by Gasteiger charge is -2.17. The monoisotopic (exact) mass is 338 g/mol. The van der Waals surface area contributed by atoms with Crippen LogP contribution in [0.3, 0.4) is 0 Å². The quantitative estimate of drug-likeness (QED) is 0.880. The molecule has 5 nitrogen and oxygen atoms in total. The van der Waals surface area contributed by atoms with Crippen LogP contribution >= 0.6 is 0 Å². The van der Waals surface area contributed by atoms with Gasteiger partial charge in [-0.3, -0.25) is 9.59 Å². The van der Waals surface area contributed by atoms with E-state index in [0.29, 0.717) is 19.5 Å². The Labute approximate surface area is 147 Å². The normalized spacial score (nSPS) is 16.9. The molecule has 5 heteroatoms. The number of hydrogen-bond donors (Lipinski definition) is 2. The summed E-state index contributed by atoms with van der Waals surface area (Å²) in [5.41, 5.74) is 2.94. The van der Waals surface area contributed by atoms with Crippen LogP contribution in [0.4, 0.5) is 5.69 Å². The van der Waals surface area contributed by atoms with Gasteiger partial charge in [0.1, 0.15) is 5.75 Å². The van der Waals surface area contributed by atoms with E-state index in [4.69, 9.17) is 0 Å². The van der Waals surface area contributed by atoms with E-state index in [1.54, 1.807) is 23.1 Å². The van der Waals surface area contributed by atoms with Gasteiger partial charge in [-0.05, 0) is 43.2 Å². The smallest absolute Gasteiger partial charge is 0.227 e. The van der Waals surface area contributed by atoms with Crippen LogP contribution in [0.15, 0.2) is 48.5 Å². The lowest BCUT2D eigenvalue weighted by Crippen LogP contribution is -2.34. The van der Waals surface area contributed by atoms with Crippen molar-refractivity contribution in [1.82, 2.24) is 5.32 Å². The molecule has 1 aliphatic rings. The fourth-order valence-corrected chi connectivity index (χ4v) is 3.04. The minimum absolute atomic E-state index is 0.0167. The third-order valence-electron chi connectivity index (χ3n) is 4.46. The Morgan fingerprint density at radius 3 is 2.72 bits per heavy atom. The zero-order chi connectivity index (χ0) is 17.8. The van der Waals surface area contributed by atoms with E-state index in [2.05, 4.69) is 5.32 Å². The number of nitrogens with zero attached hydrogens (tertiary/aromatic N) is 1. The second kappa shape index (κ2) is 7.38. The Hall–Kier alpha value is -2.82. The molecule has 0 spiro atoms. The highest BCUT2D eigenvalue weighted by Gasteiger charge is 2.34. The van der Waals surface area contributed by atoms with Gasteiger partial charge < -0.3 is 15.3 Å². The molecule has 3 rings (SSSR count). The summed E-state index contributed by atoms with van der Waals surface area (Å²) < 4.78 is 0. The zero-order valence-corrected chi connectivity index (χ0v) is 14.2. The van der Waals surface area contributed by atoms with Crippen LogP contribution in [0.5, 0.6) is 5.75 Å². The van der Waals surface area contributed by atoms with Crippen molar-refractivity contribution in [3.05, 3.63) is 59.7 Å². The van der Waals surface area contributed by atoms with Crippen LogP contribution in [-0.2, 0) is 16.0 Å². The molecule has 2 aromatic carbocycles. The molecule has 1 fully saturated rings. The number of nitrogens with one attached hydrogen (secondary N) is 1. The van der Waals surface area contributed by atoms with E-state index < -0.39 is 0 Å². The Morgan fingerprint density at radius 1 is 1.24 bits per heavy atom. The van der Waals surface area contributed by atoms with Crippen molar-refractivity contribution < 1.29 is 14.7 Å². The molecule has 0 aliphatic carbocycles. The molecule has 0 radical (unpaired) electrons. The molecule has 130 valence electrons. The van der Waals surface area contributed by atoms with Crippen molar-refractivity contribution in [3.63, 3.8) is 0 Å². The first-order valence-electron chi connectivity index (χ1n) is 8.45. The molecule has 1 atom stereocenters. The van der Waals surface area contributed by atoms with Crippen molar-refractivity contribution in [2.45, 2.75) is 19.8 Å². The number of amides is 2. The van der Waals surface area contributed by atoms with Crippen molar-refractivity contribution >= 4 is 17.5 Å². The number of aromatic hydroxyl groups is 1. The van der Waals surface area contributed by atoms with Gasteiger partial charge in [0.2, 0.25) is 11.8 Å². The van der Waals surface area contributed by atoms with Gasteiger partial charge in [0.05, 0.1) is 5.92 Å². The van der Waals surface area contributed by atoms with Crippen LogP contribution < -0.4 is 10.2 Å². The SMILES string of the molecule is Cc1ccc(N2CC(C(=O)NCCc3cccc(O)c3)CC2=O)cc1. The Balaban J connectivity index is 1.53. The minimum Gasteiger partial charge on any atom is -0.508 e. The van der Waals surface area contributed by atoms with Crippen LogP contribution in [0.25, 0.3) is 0 Å². The molecule has 0 saturated carbocycles. The number of aryl methyl sites for hydroxylation is 1. The van der Waals surface area contributed by atoms with E-state index in [1.165, 1.54) is 0 Å². The third-order valence-corrected chi connectivity index (χ3v) is 4.46. The summed E-state index contributed by atoms with van der Waals surface area (Å²) in [6, 6.07) is 14.7. The second-order valence-corrected chi connectivity index (χ2v) is 6.45. The number of hydrogen-bond acceptors (Lipinski definition) is 3. The summed E-state index contributed by atoms with van der Waals surface area (Å²) in [4.78, 5) is 26.2. The highest BCUT2D eigenvalue weighted by molar-refractivity contribution is 6.00. The zero-order valence-electron chi connectivity index (χ0n) is 14.2. The fourth-order valence-electron chi connectivity index (χ4n) is 3.04. The molecule has 1 unspecified atom stereocenters.